The number of hydrogen-bond donors (Lipinski definition) is 1. The minimum atomic E-state index is 0.174. The molecule has 2 rings (SSSR count). The molecule has 0 saturated carbocycles. The van der Waals surface area contributed by atoms with E-state index in [1.807, 2.05) is 24.3 Å². The number of aromatic nitrogens is 3. The maximum absolute atomic E-state index is 5.68. The molecule has 102 valence electrons. The third kappa shape index (κ3) is 3.78. The van der Waals surface area contributed by atoms with Crippen molar-refractivity contribution < 1.29 is 4.74 Å². The van der Waals surface area contributed by atoms with Gasteiger partial charge in [-0.05, 0) is 28.8 Å². The average molecular weight is 279 g/mol. The van der Waals surface area contributed by atoms with Crippen LogP contribution in [0.5, 0.6) is 6.01 Å². The van der Waals surface area contributed by atoms with E-state index in [1.165, 1.54) is 5.56 Å². The number of rotatable bonds is 6. The van der Waals surface area contributed by atoms with Crippen LogP contribution >= 0.6 is 11.3 Å². The Labute approximate surface area is 116 Å². The Kier molecular flexibility index (Phi) is 4.51. The van der Waals surface area contributed by atoms with Gasteiger partial charge >= 0.3 is 6.01 Å². The number of hydrogen-bond acceptors (Lipinski definition) is 7. The minimum Gasteiger partial charge on any atom is -0.463 e. The maximum Gasteiger partial charge on any atom is 0.323 e. The van der Waals surface area contributed by atoms with Gasteiger partial charge in [0.25, 0.3) is 0 Å². The SMILES string of the molecule is CCCOc1nc(N)nc(N(C)Cc2ccsc2)n1. The molecule has 2 aromatic heterocycles. The molecule has 0 fully saturated rings. The quantitative estimate of drug-likeness (QED) is 0.870. The van der Waals surface area contributed by atoms with Crippen LogP contribution in [0.4, 0.5) is 11.9 Å². The molecule has 0 amide bonds. The lowest BCUT2D eigenvalue weighted by Crippen LogP contribution is -2.20. The van der Waals surface area contributed by atoms with E-state index in [1.54, 1.807) is 11.3 Å². The van der Waals surface area contributed by atoms with Crippen molar-refractivity contribution in [1.29, 1.82) is 0 Å². The van der Waals surface area contributed by atoms with Crippen molar-refractivity contribution in [1.82, 2.24) is 15.0 Å². The van der Waals surface area contributed by atoms with E-state index in [9.17, 15) is 0 Å². The third-order valence-corrected chi connectivity index (χ3v) is 3.13. The topological polar surface area (TPSA) is 77.2 Å². The number of anilines is 2. The highest BCUT2D eigenvalue weighted by atomic mass is 32.1. The highest BCUT2D eigenvalue weighted by molar-refractivity contribution is 7.07. The van der Waals surface area contributed by atoms with Gasteiger partial charge in [0.2, 0.25) is 11.9 Å². The summed E-state index contributed by atoms with van der Waals surface area (Å²) in [6.45, 7) is 3.31. The second-order valence-corrected chi connectivity index (χ2v) is 4.89. The molecule has 2 heterocycles. The van der Waals surface area contributed by atoms with Gasteiger partial charge in [0, 0.05) is 13.6 Å². The van der Waals surface area contributed by atoms with Crippen molar-refractivity contribution in [3.05, 3.63) is 22.4 Å². The zero-order chi connectivity index (χ0) is 13.7. The molecule has 2 N–H and O–H groups in total. The first-order chi connectivity index (χ1) is 9.19. The molecular formula is C12H17N5OS. The van der Waals surface area contributed by atoms with Crippen LogP contribution in [0, 0.1) is 0 Å². The van der Waals surface area contributed by atoms with E-state index in [2.05, 4.69) is 26.4 Å². The molecule has 0 unspecified atom stereocenters. The molecule has 0 saturated heterocycles. The van der Waals surface area contributed by atoms with E-state index in [0.717, 1.165) is 13.0 Å². The van der Waals surface area contributed by atoms with Crippen LogP contribution in [0.3, 0.4) is 0 Å². The predicted octanol–water partition coefficient (Wildman–Crippen LogP) is 1.94. The fraction of sp³-hybridized carbons (Fsp3) is 0.417. The van der Waals surface area contributed by atoms with Crippen molar-refractivity contribution in [3.63, 3.8) is 0 Å². The normalized spacial score (nSPS) is 10.4. The highest BCUT2D eigenvalue weighted by Crippen LogP contribution is 2.16. The summed E-state index contributed by atoms with van der Waals surface area (Å²) < 4.78 is 5.40. The van der Waals surface area contributed by atoms with E-state index in [-0.39, 0.29) is 12.0 Å². The second kappa shape index (κ2) is 6.33. The molecule has 0 aliphatic rings. The summed E-state index contributed by atoms with van der Waals surface area (Å²) in [5, 5.41) is 4.14. The van der Waals surface area contributed by atoms with Crippen molar-refractivity contribution in [2.45, 2.75) is 19.9 Å². The lowest BCUT2D eigenvalue weighted by molar-refractivity contribution is 0.292. The van der Waals surface area contributed by atoms with Crippen LogP contribution in [-0.2, 0) is 6.54 Å². The molecule has 0 spiro atoms. The predicted molar refractivity (Wildman–Crippen MR) is 76.5 cm³/mol. The fourth-order valence-corrected chi connectivity index (χ4v) is 2.18. The number of nitrogen functional groups attached to an aromatic ring is 1. The first-order valence-electron chi connectivity index (χ1n) is 6.05. The van der Waals surface area contributed by atoms with Gasteiger partial charge in [-0.25, -0.2) is 0 Å². The lowest BCUT2D eigenvalue weighted by Gasteiger charge is -2.16. The summed E-state index contributed by atoms with van der Waals surface area (Å²) in [6.07, 6.45) is 0.895. The van der Waals surface area contributed by atoms with Crippen LogP contribution in [0.2, 0.25) is 0 Å². The molecule has 0 aliphatic carbocycles. The molecule has 0 bridgehead atoms. The van der Waals surface area contributed by atoms with Crippen LogP contribution in [0.15, 0.2) is 16.8 Å². The largest absolute Gasteiger partial charge is 0.463 e. The van der Waals surface area contributed by atoms with Gasteiger partial charge in [0.05, 0.1) is 6.61 Å². The molecule has 0 aromatic carbocycles. The summed E-state index contributed by atoms with van der Waals surface area (Å²) in [4.78, 5) is 14.3. The first-order valence-corrected chi connectivity index (χ1v) is 7.00. The molecule has 2 aromatic rings. The van der Waals surface area contributed by atoms with Gasteiger partial charge in [-0.3, -0.25) is 0 Å². The Morgan fingerprint density at radius 2 is 2.21 bits per heavy atom. The number of nitrogens with zero attached hydrogens (tertiary/aromatic N) is 4. The average Bonchev–Trinajstić information content (AvgIpc) is 2.88. The smallest absolute Gasteiger partial charge is 0.323 e. The van der Waals surface area contributed by atoms with Crippen molar-refractivity contribution in [3.8, 4) is 6.01 Å². The summed E-state index contributed by atoms with van der Waals surface area (Å²) in [7, 11) is 1.91. The molecular weight excluding hydrogens is 262 g/mol. The zero-order valence-corrected chi connectivity index (χ0v) is 11.9. The molecule has 19 heavy (non-hydrogen) atoms. The number of nitrogens with two attached hydrogens (primary N) is 1. The molecule has 6 nitrogen and oxygen atoms in total. The molecule has 7 heteroatoms. The summed E-state index contributed by atoms with van der Waals surface area (Å²) in [5.41, 5.74) is 6.89. The van der Waals surface area contributed by atoms with Crippen molar-refractivity contribution in [2.24, 2.45) is 0 Å². The van der Waals surface area contributed by atoms with Crippen LogP contribution in [0.25, 0.3) is 0 Å². The summed E-state index contributed by atoms with van der Waals surface area (Å²) in [5.74, 6) is 0.693. The van der Waals surface area contributed by atoms with E-state index < -0.39 is 0 Å². The second-order valence-electron chi connectivity index (χ2n) is 4.11. The van der Waals surface area contributed by atoms with Gasteiger partial charge in [-0.1, -0.05) is 6.92 Å². The lowest BCUT2D eigenvalue weighted by atomic mass is 10.3. The molecule has 0 aliphatic heterocycles. The third-order valence-electron chi connectivity index (χ3n) is 2.40. The monoisotopic (exact) mass is 279 g/mol. The van der Waals surface area contributed by atoms with Gasteiger partial charge in [-0.15, -0.1) is 0 Å². The minimum absolute atomic E-state index is 0.174. The van der Waals surface area contributed by atoms with E-state index >= 15 is 0 Å². The molecule has 0 atom stereocenters. The zero-order valence-electron chi connectivity index (χ0n) is 11.0. The van der Waals surface area contributed by atoms with Crippen LogP contribution < -0.4 is 15.4 Å². The van der Waals surface area contributed by atoms with Gasteiger partial charge in [0.1, 0.15) is 0 Å². The Bertz CT molecular complexity index is 517. The summed E-state index contributed by atoms with van der Waals surface area (Å²) in [6, 6.07) is 2.35. The van der Waals surface area contributed by atoms with E-state index in [4.69, 9.17) is 10.5 Å². The Balaban J connectivity index is 2.11. The van der Waals surface area contributed by atoms with Crippen LogP contribution in [-0.4, -0.2) is 28.6 Å². The summed E-state index contributed by atoms with van der Waals surface area (Å²) >= 11 is 1.66. The standard InChI is InChI=1S/C12H17N5OS/c1-3-5-18-12-15-10(13)14-11(16-12)17(2)7-9-4-6-19-8-9/h4,6,8H,3,5,7H2,1-2H3,(H2,13,14,15,16). The highest BCUT2D eigenvalue weighted by Gasteiger charge is 2.10. The van der Waals surface area contributed by atoms with Gasteiger partial charge in [-0.2, -0.15) is 26.3 Å². The first kappa shape index (κ1) is 13.5. The fourth-order valence-electron chi connectivity index (χ4n) is 1.52. The maximum atomic E-state index is 5.68. The Morgan fingerprint density at radius 1 is 1.37 bits per heavy atom. The van der Waals surface area contributed by atoms with Gasteiger partial charge < -0.3 is 15.4 Å². The number of ether oxygens (including phenoxy) is 1. The van der Waals surface area contributed by atoms with E-state index in [0.29, 0.717) is 12.6 Å². The van der Waals surface area contributed by atoms with Crippen LogP contribution in [0.1, 0.15) is 18.9 Å². The van der Waals surface area contributed by atoms with Gasteiger partial charge in [0.15, 0.2) is 0 Å². The Hall–Kier alpha value is -1.89. The molecule has 0 radical (unpaired) electrons. The number of thiophene rings is 1. The van der Waals surface area contributed by atoms with Crippen molar-refractivity contribution in [2.75, 3.05) is 24.3 Å². The Morgan fingerprint density at radius 3 is 2.89 bits per heavy atom. The van der Waals surface area contributed by atoms with Crippen molar-refractivity contribution >= 4 is 23.2 Å².